The van der Waals surface area contributed by atoms with E-state index in [0.717, 1.165) is 50.2 Å². The van der Waals surface area contributed by atoms with E-state index in [1.807, 2.05) is 15.8 Å². The lowest BCUT2D eigenvalue weighted by Gasteiger charge is -2.32. The summed E-state index contributed by atoms with van der Waals surface area (Å²) in [4.78, 5) is 16.0. The molecule has 0 saturated carbocycles. The summed E-state index contributed by atoms with van der Waals surface area (Å²) in [5, 5.41) is 19.8. The molecule has 1 aliphatic carbocycles. The van der Waals surface area contributed by atoms with Gasteiger partial charge in [-0.25, -0.2) is 0 Å². The summed E-state index contributed by atoms with van der Waals surface area (Å²) in [5.41, 5.74) is 3.33. The predicted octanol–water partition coefficient (Wildman–Crippen LogP) is 2.82. The van der Waals surface area contributed by atoms with Gasteiger partial charge in [-0.15, -0.1) is 16.4 Å². The second kappa shape index (κ2) is 7.48. The maximum atomic E-state index is 13.0. The van der Waals surface area contributed by atoms with Gasteiger partial charge in [-0.2, -0.15) is 0 Å². The maximum absolute atomic E-state index is 13.0. The summed E-state index contributed by atoms with van der Waals surface area (Å²) < 4.78 is 1.82. The fourth-order valence-corrected chi connectivity index (χ4v) is 5.15. The molecule has 2 aromatic heterocycles. The molecule has 7 heteroatoms. The molecule has 2 aromatic rings. The number of fused-ring (bicyclic) bond motifs is 1. The van der Waals surface area contributed by atoms with Crippen LogP contribution in [0.3, 0.4) is 0 Å². The Labute approximate surface area is 157 Å². The molecule has 26 heavy (non-hydrogen) atoms. The van der Waals surface area contributed by atoms with E-state index in [1.165, 1.54) is 24.0 Å². The molecule has 1 fully saturated rings. The number of hydrogen-bond donors (Lipinski definition) is 1. The molecular weight excluding hydrogens is 348 g/mol. The minimum absolute atomic E-state index is 0.230. The molecule has 2 aliphatic rings. The van der Waals surface area contributed by atoms with Crippen LogP contribution in [0.15, 0.2) is 11.6 Å². The molecular formula is C19H26N4O2S. The van der Waals surface area contributed by atoms with Gasteiger partial charge in [-0.05, 0) is 67.9 Å². The van der Waals surface area contributed by atoms with Crippen LogP contribution in [-0.2, 0) is 19.4 Å². The van der Waals surface area contributed by atoms with Gasteiger partial charge >= 0.3 is 0 Å². The van der Waals surface area contributed by atoms with Gasteiger partial charge in [-0.3, -0.25) is 9.48 Å². The molecule has 0 aromatic carbocycles. The first-order chi connectivity index (χ1) is 12.6. The Balaban J connectivity index is 1.34. The van der Waals surface area contributed by atoms with E-state index in [-0.39, 0.29) is 5.91 Å². The second-order valence-corrected chi connectivity index (χ2v) is 8.43. The molecule has 0 spiro atoms. The van der Waals surface area contributed by atoms with Crippen LogP contribution in [0.25, 0.3) is 0 Å². The van der Waals surface area contributed by atoms with Gasteiger partial charge in [0.25, 0.3) is 5.91 Å². The van der Waals surface area contributed by atoms with Crippen molar-refractivity contribution in [1.82, 2.24) is 19.9 Å². The predicted molar refractivity (Wildman–Crippen MR) is 100 cm³/mol. The zero-order valence-electron chi connectivity index (χ0n) is 15.2. The Kier molecular flexibility index (Phi) is 5.09. The largest absolute Gasteiger partial charge is 0.387 e. The van der Waals surface area contributed by atoms with Crippen LogP contribution in [0.2, 0.25) is 0 Å². The van der Waals surface area contributed by atoms with Crippen LogP contribution in [-0.4, -0.2) is 44.0 Å². The van der Waals surface area contributed by atoms with Crippen molar-refractivity contribution in [3.05, 3.63) is 33.3 Å². The molecule has 6 nitrogen and oxygen atoms in total. The lowest BCUT2D eigenvalue weighted by Crippen LogP contribution is -2.39. The van der Waals surface area contributed by atoms with Crippen molar-refractivity contribution in [1.29, 1.82) is 0 Å². The molecule has 140 valence electrons. The van der Waals surface area contributed by atoms with E-state index in [1.54, 1.807) is 18.3 Å². The van der Waals surface area contributed by atoms with Gasteiger partial charge in [-0.1, -0.05) is 5.21 Å². The molecule has 1 unspecified atom stereocenters. The van der Waals surface area contributed by atoms with E-state index in [0.29, 0.717) is 11.6 Å². The maximum Gasteiger partial charge on any atom is 0.264 e. The number of thiophene rings is 1. The van der Waals surface area contributed by atoms with Crippen LogP contribution >= 0.6 is 11.3 Å². The lowest BCUT2D eigenvalue weighted by molar-refractivity contribution is 0.0684. The Morgan fingerprint density at radius 2 is 2.12 bits per heavy atom. The Morgan fingerprint density at radius 1 is 1.35 bits per heavy atom. The lowest BCUT2D eigenvalue weighted by atomic mass is 9.93. The molecule has 1 saturated heterocycles. The number of aryl methyl sites for hydroxylation is 1. The van der Waals surface area contributed by atoms with Gasteiger partial charge in [0, 0.05) is 19.6 Å². The molecule has 1 N–H and O–H groups in total. The second-order valence-electron chi connectivity index (χ2n) is 7.55. The Bertz CT molecular complexity index is 774. The number of hydrogen-bond acceptors (Lipinski definition) is 5. The summed E-state index contributed by atoms with van der Waals surface area (Å²) in [7, 11) is 0. The van der Waals surface area contributed by atoms with Gasteiger partial charge in [0.15, 0.2) is 0 Å². The first kappa shape index (κ1) is 17.7. The minimum Gasteiger partial charge on any atom is -0.387 e. The highest BCUT2D eigenvalue weighted by molar-refractivity contribution is 7.12. The molecule has 1 aliphatic heterocycles. The third kappa shape index (κ3) is 3.55. The fourth-order valence-electron chi connectivity index (χ4n) is 4.02. The van der Waals surface area contributed by atoms with Crippen LogP contribution < -0.4 is 0 Å². The highest BCUT2D eigenvalue weighted by atomic mass is 32.1. The van der Waals surface area contributed by atoms with E-state index >= 15 is 0 Å². The number of aliphatic hydroxyl groups is 1. The van der Waals surface area contributed by atoms with Crippen molar-refractivity contribution in [2.24, 2.45) is 5.92 Å². The topological polar surface area (TPSA) is 71.2 Å². The third-order valence-electron chi connectivity index (χ3n) is 5.63. The number of amides is 1. The zero-order chi connectivity index (χ0) is 18.1. The number of nitrogens with zero attached hydrogens (tertiary/aromatic N) is 4. The highest BCUT2D eigenvalue weighted by Crippen LogP contribution is 2.31. The van der Waals surface area contributed by atoms with Crippen molar-refractivity contribution in [3.63, 3.8) is 0 Å². The Hall–Kier alpha value is -1.73. The molecule has 0 bridgehead atoms. The highest BCUT2D eigenvalue weighted by Gasteiger charge is 2.28. The quantitative estimate of drug-likeness (QED) is 0.893. The normalized spacial score (nSPS) is 19.4. The van der Waals surface area contributed by atoms with Crippen LogP contribution in [0.5, 0.6) is 0 Å². The number of likely N-dealkylation sites (tertiary alicyclic amines) is 1. The first-order valence-corrected chi connectivity index (χ1v) is 10.5. The van der Waals surface area contributed by atoms with Crippen molar-refractivity contribution in [3.8, 4) is 0 Å². The smallest absolute Gasteiger partial charge is 0.264 e. The van der Waals surface area contributed by atoms with E-state index < -0.39 is 6.10 Å². The SMILES string of the molecule is CC(O)c1cn(CC2CCN(C(=O)c3scc4c3CCCC4)CC2)nn1. The number of aromatic nitrogens is 3. The molecule has 3 heterocycles. The van der Waals surface area contributed by atoms with Crippen LogP contribution in [0.1, 0.15) is 65.2 Å². The number of piperidine rings is 1. The van der Waals surface area contributed by atoms with Crippen molar-refractivity contribution < 1.29 is 9.90 Å². The summed E-state index contributed by atoms with van der Waals surface area (Å²) >= 11 is 1.64. The van der Waals surface area contributed by atoms with Crippen molar-refractivity contribution >= 4 is 17.2 Å². The van der Waals surface area contributed by atoms with Crippen molar-refractivity contribution in [2.75, 3.05) is 13.1 Å². The monoisotopic (exact) mass is 374 g/mol. The van der Waals surface area contributed by atoms with E-state index in [2.05, 4.69) is 15.7 Å². The summed E-state index contributed by atoms with van der Waals surface area (Å²) in [6.45, 7) is 4.13. The van der Waals surface area contributed by atoms with E-state index in [9.17, 15) is 9.90 Å². The Morgan fingerprint density at radius 3 is 2.85 bits per heavy atom. The average Bonchev–Trinajstić information content (AvgIpc) is 3.29. The number of carbonyl (C=O) groups is 1. The van der Waals surface area contributed by atoms with E-state index in [4.69, 9.17) is 0 Å². The van der Waals surface area contributed by atoms with Crippen LogP contribution in [0, 0.1) is 5.92 Å². The summed E-state index contributed by atoms with van der Waals surface area (Å²) in [5.74, 6) is 0.730. The van der Waals surface area contributed by atoms with Gasteiger partial charge in [0.05, 0.1) is 17.2 Å². The molecule has 4 rings (SSSR count). The van der Waals surface area contributed by atoms with Gasteiger partial charge < -0.3 is 10.0 Å². The fraction of sp³-hybridized carbons (Fsp3) is 0.632. The number of carbonyl (C=O) groups excluding carboxylic acids is 1. The minimum atomic E-state index is -0.583. The number of aliphatic hydroxyl groups excluding tert-OH is 1. The molecule has 0 radical (unpaired) electrons. The molecule has 1 amide bonds. The standard InChI is InChI=1S/C19H26N4O2S/c1-13(24)17-11-23(21-20-17)10-14-6-8-22(9-7-14)19(25)18-16-5-3-2-4-15(16)12-26-18/h11-14,24H,2-10H2,1H3. The summed E-state index contributed by atoms with van der Waals surface area (Å²) in [6, 6.07) is 0. The van der Waals surface area contributed by atoms with Gasteiger partial charge in [0.2, 0.25) is 0 Å². The number of rotatable bonds is 4. The van der Waals surface area contributed by atoms with Crippen LogP contribution in [0.4, 0.5) is 0 Å². The third-order valence-corrected chi connectivity index (χ3v) is 6.69. The first-order valence-electron chi connectivity index (χ1n) is 9.58. The van der Waals surface area contributed by atoms with Crippen molar-refractivity contribution in [2.45, 2.75) is 58.1 Å². The molecule has 1 atom stereocenters. The zero-order valence-corrected chi connectivity index (χ0v) is 16.0. The van der Waals surface area contributed by atoms with Gasteiger partial charge in [0.1, 0.15) is 5.69 Å². The average molecular weight is 375 g/mol. The summed E-state index contributed by atoms with van der Waals surface area (Å²) in [6.07, 6.45) is 7.87.